The SMILES string of the molecule is CNc1nc(-c2ccc3c(c2)OCO3)c2cc(C(N)=O)sc2n1. The average molecular weight is 328 g/mol. The molecule has 23 heavy (non-hydrogen) atoms. The van der Waals surface area contributed by atoms with E-state index in [1.54, 1.807) is 13.1 Å². The summed E-state index contributed by atoms with van der Waals surface area (Å²) in [5.74, 6) is 1.38. The van der Waals surface area contributed by atoms with Crippen LogP contribution in [0.5, 0.6) is 11.5 Å². The van der Waals surface area contributed by atoms with Crippen LogP contribution in [0.15, 0.2) is 24.3 Å². The molecule has 1 amide bonds. The number of rotatable bonds is 3. The molecule has 1 aliphatic heterocycles. The zero-order valence-corrected chi connectivity index (χ0v) is 12.9. The summed E-state index contributed by atoms with van der Waals surface area (Å²) in [7, 11) is 1.74. The van der Waals surface area contributed by atoms with Crippen molar-refractivity contribution in [3.05, 3.63) is 29.1 Å². The molecule has 3 heterocycles. The predicted molar refractivity (Wildman–Crippen MR) is 87.0 cm³/mol. The number of nitrogens with zero attached hydrogens (tertiary/aromatic N) is 2. The fourth-order valence-electron chi connectivity index (χ4n) is 2.42. The molecule has 7 nitrogen and oxygen atoms in total. The number of hydrogen-bond acceptors (Lipinski definition) is 7. The monoisotopic (exact) mass is 328 g/mol. The van der Waals surface area contributed by atoms with Crippen molar-refractivity contribution in [1.82, 2.24) is 9.97 Å². The van der Waals surface area contributed by atoms with E-state index in [2.05, 4.69) is 15.3 Å². The molecular weight excluding hydrogens is 316 g/mol. The number of thiophene rings is 1. The number of nitrogens with one attached hydrogen (secondary N) is 1. The maximum Gasteiger partial charge on any atom is 0.258 e. The van der Waals surface area contributed by atoms with Gasteiger partial charge in [-0.1, -0.05) is 0 Å². The highest BCUT2D eigenvalue weighted by molar-refractivity contribution is 7.20. The number of ether oxygens (including phenoxy) is 2. The zero-order valence-electron chi connectivity index (χ0n) is 12.1. The first-order valence-electron chi connectivity index (χ1n) is 6.85. The van der Waals surface area contributed by atoms with Gasteiger partial charge < -0.3 is 20.5 Å². The smallest absolute Gasteiger partial charge is 0.258 e. The van der Waals surface area contributed by atoms with E-state index in [1.165, 1.54) is 11.3 Å². The number of aromatic nitrogens is 2. The lowest BCUT2D eigenvalue weighted by molar-refractivity contribution is 0.100. The Labute approximate surface area is 135 Å². The molecule has 0 radical (unpaired) electrons. The molecule has 116 valence electrons. The molecule has 0 atom stereocenters. The van der Waals surface area contributed by atoms with Crippen LogP contribution in [0, 0.1) is 0 Å². The first-order chi connectivity index (χ1) is 11.2. The number of anilines is 1. The van der Waals surface area contributed by atoms with Crippen molar-refractivity contribution in [3.63, 3.8) is 0 Å². The highest BCUT2D eigenvalue weighted by atomic mass is 32.1. The van der Waals surface area contributed by atoms with Gasteiger partial charge >= 0.3 is 0 Å². The minimum Gasteiger partial charge on any atom is -0.454 e. The number of amides is 1. The van der Waals surface area contributed by atoms with Crippen LogP contribution in [0.2, 0.25) is 0 Å². The van der Waals surface area contributed by atoms with Gasteiger partial charge in [0.25, 0.3) is 5.91 Å². The molecule has 1 aliphatic rings. The van der Waals surface area contributed by atoms with Crippen LogP contribution in [-0.4, -0.2) is 29.7 Å². The van der Waals surface area contributed by atoms with Crippen LogP contribution in [0.3, 0.4) is 0 Å². The maximum absolute atomic E-state index is 11.5. The summed E-state index contributed by atoms with van der Waals surface area (Å²) >= 11 is 1.25. The molecule has 0 saturated carbocycles. The molecule has 3 aromatic rings. The van der Waals surface area contributed by atoms with E-state index in [4.69, 9.17) is 15.2 Å². The Morgan fingerprint density at radius 3 is 2.87 bits per heavy atom. The summed E-state index contributed by atoms with van der Waals surface area (Å²) in [4.78, 5) is 21.5. The zero-order chi connectivity index (χ0) is 16.0. The van der Waals surface area contributed by atoms with Crippen molar-refractivity contribution in [1.29, 1.82) is 0 Å². The third-order valence-corrected chi connectivity index (χ3v) is 4.55. The van der Waals surface area contributed by atoms with Crippen LogP contribution >= 0.6 is 11.3 Å². The number of hydrogen-bond donors (Lipinski definition) is 2. The van der Waals surface area contributed by atoms with Gasteiger partial charge in [0.2, 0.25) is 12.7 Å². The number of carbonyl (C=O) groups excluding carboxylic acids is 1. The van der Waals surface area contributed by atoms with Crippen LogP contribution in [-0.2, 0) is 0 Å². The fraction of sp³-hybridized carbons (Fsp3) is 0.133. The standard InChI is InChI=1S/C15H12N4O3S/c1-17-15-18-12(7-2-3-9-10(4-7)22-6-21-9)8-5-11(13(16)20)23-14(8)19-15/h2-5H,6H2,1H3,(H2,16,20)(H,17,18,19). The van der Waals surface area contributed by atoms with Crippen molar-refractivity contribution in [2.24, 2.45) is 5.73 Å². The van der Waals surface area contributed by atoms with Gasteiger partial charge in [0.1, 0.15) is 4.83 Å². The first kappa shape index (κ1) is 13.8. The lowest BCUT2D eigenvalue weighted by atomic mass is 10.1. The Hall–Kier alpha value is -2.87. The van der Waals surface area contributed by atoms with Gasteiger partial charge in [-0.3, -0.25) is 4.79 Å². The Kier molecular flexibility index (Phi) is 3.05. The van der Waals surface area contributed by atoms with Crippen molar-refractivity contribution < 1.29 is 14.3 Å². The number of fused-ring (bicyclic) bond motifs is 2. The van der Waals surface area contributed by atoms with Crippen molar-refractivity contribution in [3.8, 4) is 22.8 Å². The lowest BCUT2D eigenvalue weighted by Crippen LogP contribution is -2.08. The van der Waals surface area contributed by atoms with E-state index in [9.17, 15) is 4.79 Å². The van der Waals surface area contributed by atoms with E-state index in [-0.39, 0.29) is 6.79 Å². The third kappa shape index (κ3) is 2.23. The van der Waals surface area contributed by atoms with Gasteiger partial charge in [-0.2, -0.15) is 0 Å². The third-order valence-electron chi connectivity index (χ3n) is 3.51. The molecule has 0 aliphatic carbocycles. The molecule has 1 aromatic carbocycles. The van der Waals surface area contributed by atoms with E-state index in [0.717, 1.165) is 10.9 Å². The summed E-state index contributed by atoms with van der Waals surface area (Å²) in [6.07, 6.45) is 0. The van der Waals surface area contributed by atoms with Crippen LogP contribution in [0.4, 0.5) is 5.95 Å². The largest absolute Gasteiger partial charge is 0.454 e. The highest BCUT2D eigenvalue weighted by Gasteiger charge is 2.18. The Bertz CT molecular complexity index is 938. The molecule has 0 unspecified atom stereocenters. The number of nitrogens with two attached hydrogens (primary N) is 1. The van der Waals surface area contributed by atoms with Gasteiger partial charge in [-0.25, -0.2) is 9.97 Å². The second-order valence-corrected chi connectivity index (χ2v) is 5.94. The molecule has 0 saturated heterocycles. The minimum absolute atomic E-state index is 0.212. The van der Waals surface area contributed by atoms with E-state index < -0.39 is 5.91 Å². The second kappa shape index (κ2) is 5.10. The molecule has 0 spiro atoms. The van der Waals surface area contributed by atoms with Crippen molar-refractivity contribution in [2.45, 2.75) is 0 Å². The summed E-state index contributed by atoms with van der Waals surface area (Å²) in [5, 5.41) is 3.71. The molecule has 0 fully saturated rings. The quantitative estimate of drug-likeness (QED) is 0.765. The van der Waals surface area contributed by atoms with E-state index >= 15 is 0 Å². The van der Waals surface area contributed by atoms with Crippen LogP contribution < -0.4 is 20.5 Å². The van der Waals surface area contributed by atoms with Gasteiger partial charge in [-0.05, 0) is 24.3 Å². The summed E-state index contributed by atoms with van der Waals surface area (Å²) in [5.41, 5.74) is 6.95. The molecule has 2 aromatic heterocycles. The summed E-state index contributed by atoms with van der Waals surface area (Å²) in [6.45, 7) is 0.212. The predicted octanol–water partition coefficient (Wildman–Crippen LogP) is 2.23. The molecule has 3 N–H and O–H groups in total. The normalized spacial score (nSPS) is 12.6. The molecule has 4 rings (SSSR count). The van der Waals surface area contributed by atoms with Gasteiger partial charge in [-0.15, -0.1) is 11.3 Å². The number of benzene rings is 1. The van der Waals surface area contributed by atoms with Crippen LogP contribution in [0.1, 0.15) is 9.67 Å². The van der Waals surface area contributed by atoms with Gasteiger partial charge in [0.15, 0.2) is 11.5 Å². The van der Waals surface area contributed by atoms with Crippen LogP contribution in [0.25, 0.3) is 21.5 Å². The maximum atomic E-state index is 11.5. The number of carbonyl (C=O) groups is 1. The Morgan fingerprint density at radius 2 is 2.09 bits per heavy atom. The number of primary amides is 1. The summed E-state index contributed by atoms with van der Waals surface area (Å²) < 4.78 is 10.8. The van der Waals surface area contributed by atoms with E-state index in [1.807, 2.05) is 18.2 Å². The highest BCUT2D eigenvalue weighted by Crippen LogP contribution is 2.38. The Balaban J connectivity index is 1.95. The molecule has 0 bridgehead atoms. The molecular formula is C15H12N4O3S. The van der Waals surface area contributed by atoms with Crippen molar-refractivity contribution >= 4 is 33.4 Å². The first-order valence-corrected chi connectivity index (χ1v) is 7.66. The van der Waals surface area contributed by atoms with Gasteiger partial charge in [0, 0.05) is 18.0 Å². The summed E-state index contributed by atoms with van der Waals surface area (Å²) in [6, 6.07) is 7.33. The molecule has 8 heteroatoms. The Morgan fingerprint density at radius 1 is 1.26 bits per heavy atom. The second-order valence-electron chi connectivity index (χ2n) is 4.91. The average Bonchev–Trinajstić information content (AvgIpc) is 3.19. The fourth-order valence-corrected chi connectivity index (χ4v) is 3.30. The van der Waals surface area contributed by atoms with Crippen molar-refractivity contribution in [2.75, 3.05) is 19.2 Å². The van der Waals surface area contributed by atoms with E-state index in [0.29, 0.717) is 32.8 Å². The minimum atomic E-state index is -0.476. The van der Waals surface area contributed by atoms with Gasteiger partial charge in [0.05, 0.1) is 10.6 Å². The topological polar surface area (TPSA) is 99.4 Å². The lowest BCUT2D eigenvalue weighted by Gasteiger charge is -2.06.